The van der Waals surface area contributed by atoms with Gasteiger partial charge in [0.05, 0.1) is 11.1 Å². The summed E-state index contributed by atoms with van der Waals surface area (Å²) in [5.41, 5.74) is 4.81. The van der Waals surface area contributed by atoms with Crippen molar-refractivity contribution >= 4 is 0 Å². The summed E-state index contributed by atoms with van der Waals surface area (Å²) in [5.74, 6) is 0. The minimum atomic E-state index is -0.777. The predicted octanol–water partition coefficient (Wildman–Crippen LogP) is -0.162. The highest BCUT2D eigenvalue weighted by molar-refractivity contribution is 5.01. The molecule has 1 atom stereocenters. The van der Waals surface area contributed by atoms with Gasteiger partial charge in [-0.05, 0) is 33.2 Å². The van der Waals surface area contributed by atoms with Gasteiger partial charge in [0, 0.05) is 6.54 Å². The molecule has 1 aliphatic rings. The van der Waals surface area contributed by atoms with Gasteiger partial charge in [-0.3, -0.25) is 0 Å². The fourth-order valence-electron chi connectivity index (χ4n) is 1.45. The monoisotopic (exact) mass is 158 g/mol. The summed E-state index contributed by atoms with van der Waals surface area (Å²) in [7, 11) is 0. The molecule has 1 heterocycles. The third-order valence-corrected chi connectivity index (χ3v) is 2.64. The Hall–Kier alpha value is -0.120. The van der Waals surface area contributed by atoms with E-state index in [2.05, 4.69) is 5.32 Å². The van der Waals surface area contributed by atoms with E-state index in [1.165, 1.54) is 0 Å². The van der Waals surface area contributed by atoms with E-state index < -0.39 is 11.1 Å². The zero-order valence-electron chi connectivity index (χ0n) is 7.35. The van der Waals surface area contributed by atoms with Crippen molar-refractivity contribution in [1.82, 2.24) is 5.32 Å². The Labute approximate surface area is 68.0 Å². The van der Waals surface area contributed by atoms with Crippen molar-refractivity contribution in [3.05, 3.63) is 0 Å². The van der Waals surface area contributed by atoms with Crippen LogP contribution in [0.4, 0.5) is 0 Å². The van der Waals surface area contributed by atoms with Gasteiger partial charge in [-0.2, -0.15) is 0 Å². The molecule has 1 unspecified atom stereocenters. The summed E-state index contributed by atoms with van der Waals surface area (Å²) in [6.45, 7) is 5.30. The second-order valence-corrected chi connectivity index (χ2v) is 4.00. The second-order valence-electron chi connectivity index (χ2n) is 4.00. The number of rotatable bonds is 1. The third-order valence-electron chi connectivity index (χ3n) is 2.64. The fourth-order valence-corrected chi connectivity index (χ4v) is 1.45. The molecule has 3 nitrogen and oxygen atoms in total. The molecule has 1 aliphatic heterocycles. The summed E-state index contributed by atoms with van der Waals surface area (Å²) in [4.78, 5) is 0. The van der Waals surface area contributed by atoms with Crippen LogP contribution >= 0.6 is 0 Å². The molecule has 0 aromatic rings. The van der Waals surface area contributed by atoms with Crippen LogP contribution < -0.4 is 11.1 Å². The number of piperidine rings is 1. The Morgan fingerprint density at radius 3 is 2.45 bits per heavy atom. The summed E-state index contributed by atoms with van der Waals surface area (Å²) in [5, 5.41) is 12.9. The normalized spacial score (nSPS) is 33.8. The van der Waals surface area contributed by atoms with Crippen molar-refractivity contribution in [2.45, 2.75) is 37.8 Å². The van der Waals surface area contributed by atoms with E-state index in [-0.39, 0.29) is 0 Å². The molecule has 0 bridgehead atoms. The molecule has 4 N–H and O–H groups in total. The standard InChI is InChI=1S/C8H18N2O/c1-7(2,11)8(9)4-3-5-10-6-8/h10-11H,3-6,9H2,1-2H3. The van der Waals surface area contributed by atoms with Crippen molar-refractivity contribution in [1.29, 1.82) is 0 Å². The number of nitrogens with two attached hydrogens (primary N) is 1. The first-order valence-electron chi connectivity index (χ1n) is 4.18. The van der Waals surface area contributed by atoms with Crippen LogP contribution in [0.2, 0.25) is 0 Å². The Bertz CT molecular complexity index is 134. The van der Waals surface area contributed by atoms with E-state index in [0.29, 0.717) is 0 Å². The largest absolute Gasteiger partial charge is 0.389 e. The molecule has 0 aliphatic carbocycles. The van der Waals surface area contributed by atoms with Crippen LogP contribution in [0.15, 0.2) is 0 Å². The average molecular weight is 158 g/mol. The Morgan fingerprint density at radius 2 is 2.18 bits per heavy atom. The molecule has 66 valence electrons. The highest BCUT2D eigenvalue weighted by Crippen LogP contribution is 2.25. The molecule has 3 heteroatoms. The minimum Gasteiger partial charge on any atom is -0.389 e. The lowest BCUT2D eigenvalue weighted by molar-refractivity contribution is -0.0136. The van der Waals surface area contributed by atoms with E-state index >= 15 is 0 Å². The zero-order valence-corrected chi connectivity index (χ0v) is 7.35. The van der Waals surface area contributed by atoms with E-state index in [1.807, 2.05) is 0 Å². The van der Waals surface area contributed by atoms with Crippen LogP contribution in [-0.2, 0) is 0 Å². The Kier molecular flexibility index (Phi) is 2.23. The van der Waals surface area contributed by atoms with Crippen molar-refractivity contribution < 1.29 is 5.11 Å². The molecular weight excluding hydrogens is 140 g/mol. The van der Waals surface area contributed by atoms with Gasteiger partial charge in [-0.1, -0.05) is 0 Å². The predicted molar refractivity (Wildman–Crippen MR) is 45.3 cm³/mol. The number of hydrogen-bond acceptors (Lipinski definition) is 3. The van der Waals surface area contributed by atoms with Crippen molar-refractivity contribution in [3.8, 4) is 0 Å². The molecule has 1 rings (SSSR count). The minimum absolute atomic E-state index is 0.439. The molecule has 0 saturated carbocycles. The zero-order chi connectivity index (χ0) is 8.54. The molecular formula is C8H18N2O. The van der Waals surface area contributed by atoms with Crippen LogP contribution in [0, 0.1) is 0 Å². The first kappa shape index (κ1) is 8.97. The van der Waals surface area contributed by atoms with Gasteiger partial charge in [0.15, 0.2) is 0 Å². The van der Waals surface area contributed by atoms with Gasteiger partial charge < -0.3 is 16.2 Å². The average Bonchev–Trinajstić information content (AvgIpc) is 1.87. The Balaban J connectivity index is 2.64. The number of hydrogen-bond donors (Lipinski definition) is 3. The lowest BCUT2D eigenvalue weighted by atomic mass is 9.78. The first-order valence-corrected chi connectivity index (χ1v) is 4.18. The molecule has 0 spiro atoms. The van der Waals surface area contributed by atoms with Crippen molar-refractivity contribution in [3.63, 3.8) is 0 Å². The molecule has 0 amide bonds. The molecule has 1 saturated heterocycles. The van der Waals surface area contributed by atoms with E-state index in [1.54, 1.807) is 13.8 Å². The molecule has 0 aromatic heterocycles. The topological polar surface area (TPSA) is 58.3 Å². The van der Waals surface area contributed by atoms with Gasteiger partial charge in [0.2, 0.25) is 0 Å². The van der Waals surface area contributed by atoms with E-state index in [9.17, 15) is 5.11 Å². The maximum absolute atomic E-state index is 9.74. The van der Waals surface area contributed by atoms with Crippen LogP contribution in [0.1, 0.15) is 26.7 Å². The lowest BCUT2D eigenvalue weighted by Gasteiger charge is -2.43. The first-order chi connectivity index (χ1) is 4.96. The summed E-state index contributed by atoms with van der Waals surface area (Å²) >= 11 is 0. The summed E-state index contributed by atoms with van der Waals surface area (Å²) in [6, 6.07) is 0. The summed E-state index contributed by atoms with van der Waals surface area (Å²) in [6.07, 6.45) is 1.96. The molecule has 0 aromatic carbocycles. The number of nitrogens with one attached hydrogen (secondary N) is 1. The fraction of sp³-hybridized carbons (Fsp3) is 1.00. The lowest BCUT2D eigenvalue weighted by Crippen LogP contribution is -2.64. The SMILES string of the molecule is CC(C)(O)C1(N)CCCNC1. The van der Waals surface area contributed by atoms with E-state index in [4.69, 9.17) is 5.73 Å². The van der Waals surface area contributed by atoms with Gasteiger partial charge >= 0.3 is 0 Å². The van der Waals surface area contributed by atoms with Crippen LogP contribution in [0.3, 0.4) is 0 Å². The molecule has 1 fully saturated rings. The van der Waals surface area contributed by atoms with Gasteiger partial charge in [-0.15, -0.1) is 0 Å². The smallest absolute Gasteiger partial charge is 0.0782 e. The second kappa shape index (κ2) is 2.73. The molecule has 11 heavy (non-hydrogen) atoms. The maximum atomic E-state index is 9.74. The summed E-state index contributed by atoms with van der Waals surface area (Å²) < 4.78 is 0. The van der Waals surface area contributed by atoms with Gasteiger partial charge in [-0.25, -0.2) is 0 Å². The van der Waals surface area contributed by atoms with Crippen molar-refractivity contribution in [2.24, 2.45) is 5.73 Å². The highest BCUT2D eigenvalue weighted by atomic mass is 16.3. The van der Waals surface area contributed by atoms with Gasteiger partial charge in [0.1, 0.15) is 0 Å². The number of aliphatic hydroxyl groups is 1. The Morgan fingerprint density at radius 1 is 1.55 bits per heavy atom. The highest BCUT2D eigenvalue weighted by Gasteiger charge is 2.40. The van der Waals surface area contributed by atoms with Crippen LogP contribution in [0.5, 0.6) is 0 Å². The molecule has 0 radical (unpaired) electrons. The van der Waals surface area contributed by atoms with E-state index in [0.717, 1.165) is 25.9 Å². The van der Waals surface area contributed by atoms with Crippen LogP contribution in [-0.4, -0.2) is 29.3 Å². The maximum Gasteiger partial charge on any atom is 0.0782 e. The van der Waals surface area contributed by atoms with Gasteiger partial charge in [0.25, 0.3) is 0 Å². The van der Waals surface area contributed by atoms with Crippen molar-refractivity contribution in [2.75, 3.05) is 13.1 Å². The van der Waals surface area contributed by atoms with Crippen LogP contribution in [0.25, 0.3) is 0 Å². The third kappa shape index (κ3) is 1.72. The quantitative estimate of drug-likeness (QED) is 0.497.